The maximum atomic E-state index is 2.43. The maximum Gasteiger partial charge on any atom is 0.0540 e. The Hall–Kier alpha value is -9.80. The van der Waals surface area contributed by atoms with E-state index in [9.17, 15) is 0 Å². The lowest BCUT2D eigenvalue weighted by Crippen LogP contribution is -2.12. The average Bonchev–Trinajstić information content (AvgIpc) is 4.02. The van der Waals surface area contributed by atoms with Crippen LogP contribution >= 0.6 is 11.3 Å². The molecular formula is C74H50N2S. The van der Waals surface area contributed by atoms with Crippen LogP contribution in [-0.4, -0.2) is 0 Å². The van der Waals surface area contributed by atoms with Crippen LogP contribution in [0.25, 0.3) is 97.4 Å². The normalized spacial score (nSPS) is 11.4. The third kappa shape index (κ3) is 8.69. The molecule has 1 aromatic heterocycles. The molecule has 0 unspecified atom stereocenters. The van der Waals surface area contributed by atoms with Crippen molar-refractivity contribution in [3.05, 3.63) is 303 Å². The smallest absolute Gasteiger partial charge is 0.0540 e. The molecule has 0 aliphatic heterocycles. The Labute approximate surface area is 453 Å². The van der Waals surface area contributed by atoms with Crippen LogP contribution in [0.4, 0.5) is 34.1 Å². The number of fused-ring (bicyclic) bond motifs is 6. The largest absolute Gasteiger partial charge is 0.310 e. The SMILES string of the molecule is c1ccc(-c2cccc(N(c3ccc(-c4cccc5sc6ccc7ccccc7c6c45)cc3)c3cccc(-c4ccccc4N(c4cccc(-c5ccccc5)c4)c4ccc5cc(-c6ccccc6)ccc5c4)c3)c2)cc1. The van der Waals surface area contributed by atoms with Gasteiger partial charge in [0.15, 0.2) is 0 Å². The Bertz CT molecular complexity index is 4450. The molecule has 0 saturated carbocycles. The highest BCUT2D eigenvalue weighted by Gasteiger charge is 2.21. The number of para-hydroxylation sites is 1. The van der Waals surface area contributed by atoms with Gasteiger partial charge < -0.3 is 9.80 Å². The molecule has 2 nitrogen and oxygen atoms in total. The molecule has 77 heavy (non-hydrogen) atoms. The minimum absolute atomic E-state index is 1.06. The van der Waals surface area contributed by atoms with E-state index in [1.165, 1.54) is 75.1 Å². The lowest BCUT2D eigenvalue weighted by molar-refractivity contribution is 1.27. The molecule has 1 heterocycles. The molecule has 0 aliphatic carbocycles. The van der Waals surface area contributed by atoms with Crippen molar-refractivity contribution in [2.24, 2.45) is 0 Å². The Kier molecular flexibility index (Phi) is 11.8. The van der Waals surface area contributed by atoms with Crippen LogP contribution in [0.5, 0.6) is 0 Å². The second-order valence-electron chi connectivity index (χ2n) is 19.7. The van der Waals surface area contributed by atoms with E-state index in [4.69, 9.17) is 0 Å². The summed E-state index contributed by atoms with van der Waals surface area (Å²) in [7, 11) is 0. The first-order chi connectivity index (χ1) is 38.2. The summed E-state index contributed by atoms with van der Waals surface area (Å²) in [5, 5.41) is 7.59. The van der Waals surface area contributed by atoms with Crippen LogP contribution in [-0.2, 0) is 0 Å². The molecule has 14 rings (SSSR count). The van der Waals surface area contributed by atoms with E-state index in [0.29, 0.717) is 0 Å². The topological polar surface area (TPSA) is 6.48 Å². The second kappa shape index (κ2) is 19.8. The summed E-state index contributed by atoms with van der Waals surface area (Å²) in [5.74, 6) is 0. The van der Waals surface area contributed by atoms with Crippen molar-refractivity contribution in [3.8, 4) is 55.6 Å². The van der Waals surface area contributed by atoms with Crippen molar-refractivity contribution < 1.29 is 0 Å². The van der Waals surface area contributed by atoms with Gasteiger partial charge in [0.05, 0.1) is 5.69 Å². The van der Waals surface area contributed by atoms with Gasteiger partial charge in [0.2, 0.25) is 0 Å². The monoisotopic (exact) mass is 998 g/mol. The third-order valence-electron chi connectivity index (χ3n) is 15.0. The molecule has 0 bridgehead atoms. The number of anilines is 6. The molecule has 362 valence electrons. The highest BCUT2D eigenvalue weighted by atomic mass is 32.1. The van der Waals surface area contributed by atoms with E-state index in [1.54, 1.807) is 0 Å². The van der Waals surface area contributed by atoms with E-state index >= 15 is 0 Å². The van der Waals surface area contributed by atoms with Crippen molar-refractivity contribution in [3.63, 3.8) is 0 Å². The average molecular weight is 999 g/mol. The van der Waals surface area contributed by atoms with Crippen molar-refractivity contribution in [2.75, 3.05) is 9.80 Å². The molecule has 0 atom stereocenters. The molecule has 0 amide bonds. The van der Waals surface area contributed by atoms with Crippen LogP contribution in [0.2, 0.25) is 0 Å². The highest BCUT2D eigenvalue weighted by Crippen LogP contribution is 2.47. The zero-order chi connectivity index (χ0) is 51.1. The van der Waals surface area contributed by atoms with E-state index in [2.05, 4.69) is 313 Å². The molecule has 0 radical (unpaired) electrons. The number of hydrogen-bond acceptors (Lipinski definition) is 3. The standard InChI is InChI=1S/C74H50N2S/c1-4-18-51(19-5-1)56-25-14-28-63(47-56)75(62-42-38-55(39-43-62)69-33-17-35-71-73(69)74-68-32-11-10-24-54(68)41-45-72(74)77-71)64-29-16-27-61(50-64)67-31-12-13-34-70(67)76(65-30-15-26-57(48-65)52-20-6-2-7-21-52)66-44-40-59-46-58(36-37-60(59)49-66)53-22-8-3-9-23-53/h1-50H. The fourth-order valence-corrected chi connectivity index (χ4v) is 12.5. The molecular weight excluding hydrogens is 949 g/mol. The molecule has 14 aromatic rings. The maximum absolute atomic E-state index is 2.43. The summed E-state index contributed by atoms with van der Waals surface area (Å²) < 4.78 is 2.61. The summed E-state index contributed by atoms with van der Waals surface area (Å²) in [6.07, 6.45) is 0. The van der Waals surface area contributed by atoms with Gasteiger partial charge in [-0.3, -0.25) is 0 Å². The first-order valence-electron chi connectivity index (χ1n) is 26.3. The molecule has 13 aromatic carbocycles. The van der Waals surface area contributed by atoms with Gasteiger partial charge in [-0.25, -0.2) is 0 Å². The number of rotatable bonds is 11. The van der Waals surface area contributed by atoms with E-state index in [-0.39, 0.29) is 0 Å². The fourth-order valence-electron chi connectivity index (χ4n) is 11.3. The third-order valence-corrected chi connectivity index (χ3v) is 16.1. The van der Waals surface area contributed by atoms with Crippen molar-refractivity contribution >= 4 is 87.2 Å². The van der Waals surface area contributed by atoms with Crippen LogP contribution in [0.1, 0.15) is 0 Å². The zero-order valence-electron chi connectivity index (χ0n) is 42.2. The van der Waals surface area contributed by atoms with Gasteiger partial charge in [-0.2, -0.15) is 0 Å². The second-order valence-corrected chi connectivity index (χ2v) is 20.8. The number of benzene rings is 13. The van der Waals surface area contributed by atoms with Gasteiger partial charge in [-0.1, -0.05) is 218 Å². The van der Waals surface area contributed by atoms with Crippen LogP contribution in [0.15, 0.2) is 303 Å². The first kappa shape index (κ1) is 45.8. The van der Waals surface area contributed by atoms with E-state index < -0.39 is 0 Å². The van der Waals surface area contributed by atoms with Crippen molar-refractivity contribution in [1.29, 1.82) is 0 Å². The highest BCUT2D eigenvalue weighted by molar-refractivity contribution is 7.26. The van der Waals surface area contributed by atoms with Gasteiger partial charge in [0.25, 0.3) is 0 Å². The predicted octanol–water partition coefficient (Wildman–Crippen LogP) is 21.6. The van der Waals surface area contributed by atoms with Gasteiger partial charge in [0, 0.05) is 54.2 Å². The van der Waals surface area contributed by atoms with Crippen LogP contribution in [0, 0.1) is 0 Å². The number of thiophene rings is 1. The Morgan fingerprint density at radius 1 is 0.221 bits per heavy atom. The van der Waals surface area contributed by atoms with E-state index in [1.807, 2.05) is 11.3 Å². The number of nitrogens with zero attached hydrogens (tertiary/aromatic N) is 2. The van der Waals surface area contributed by atoms with Crippen molar-refractivity contribution in [1.82, 2.24) is 0 Å². The molecule has 0 aliphatic rings. The van der Waals surface area contributed by atoms with Gasteiger partial charge in [-0.15, -0.1) is 11.3 Å². The lowest BCUT2D eigenvalue weighted by atomic mass is 9.96. The summed E-state index contributed by atoms with van der Waals surface area (Å²) in [5.41, 5.74) is 18.2. The zero-order valence-corrected chi connectivity index (χ0v) is 43.0. The van der Waals surface area contributed by atoms with Gasteiger partial charge in [0.1, 0.15) is 0 Å². The molecule has 3 heteroatoms. The molecule has 0 fully saturated rings. The first-order valence-corrected chi connectivity index (χ1v) is 27.1. The Balaban J connectivity index is 0.903. The molecule has 0 N–H and O–H groups in total. The minimum atomic E-state index is 1.06. The van der Waals surface area contributed by atoms with Crippen molar-refractivity contribution in [2.45, 2.75) is 0 Å². The van der Waals surface area contributed by atoms with Crippen LogP contribution < -0.4 is 9.80 Å². The molecule has 0 saturated heterocycles. The van der Waals surface area contributed by atoms with Gasteiger partial charge in [-0.05, 0) is 157 Å². The van der Waals surface area contributed by atoms with E-state index in [0.717, 1.165) is 56.4 Å². The summed E-state index contributed by atoms with van der Waals surface area (Å²) in [4.78, 5) is 4.84. The summed E-state index contributed by atoms with van der Waals surface area (Å²) in [6, 6.07) is 111. The quantitative estimate of drug-likeness (QED) is 0.127. The summed E-state index contributed by atoms with van der Waals surface area (Å²) in [6.45, 7) is 0. The fraction of sp³-hybridized carbons (Fsp3) is 0. The van der Waals surface area contributed by atoms with Crippen LogP contribution in [0.3, 0.4) is 0 Å². The lowest BCUT2D eigenvalue weighted by Gasteiger charge is -2.29. The predicted molar refractivity (Wildman–Crippen MR) is 331 cm³/mol. The summed E-state index contributed by atoms with van der Waals surface area (Å²) >= 11 is 1.88. The van der Waals surface area contributed by atoms with Gasteiger partial charge >= 0.3 is 0 Å². The Morgan fingerprint density at radius 2 is 0.675 bits per heavy atom. The molecule has 0 spiro atoms. The Morgan fingerprint density at radius 3 is 1.36 bits per heavy atom. The minimum Gasteiger partial charge on any atom is -0.310 e. The number of hydrogen-bond donors (Lipinski definition) is 0.